The Hall–Kier alpha value is -3.42. The molecule has 3 heterocycles. The van der Waals surface area contributed by atoms with Crippen LogP contribution in [0.2, 0.25) is 0 Å². The largest absolute Gasteiger partial charge is 0.351 e. The van der Waals surface area contributed by atoms with Crippen molar-refractivity contribution in [1.29, 1.82) is 0 Å². The van der Waals surface area contributed by atoms with Gasteiger partial charge in [-0.2, -0.15) is 4.98 Å². The second kappa shape index (κ2) is 6.33. The van der Waals surface area contributed by atoms with Gasteiger partial charge >= 0.3 is 0 Å². The van der Waals surface area contributed by atoms with Crippen molar-refractivity contribution in [2.75, 3.05) is 6.54 Å². The van der Waals surface area contributed by atoms with Crippen LogP contribution in [0.1, 0.15) is 35.0 Å². The molecule has 1 aromatic carbocycles. The number of H-pyrrole nitrogens is 2. The minimum absolute atomic E-state index is 0.155. The molecular formula is C20H20N6O2. The number of carbonyl (C=O) groups excluding carboxylic acids is 1. The Labute approximate surface area is 160 Å². The number of nitrogens with one attached hydrogen (secondary N) is 3. The molecule has 3 aromatic heterocycles. The van der Waals surface area contributed by atoms with E-state index in [4.69, 9.17) is 4.52 Å². The maximum atomic E-state index is 12.3. The number of rotatable bonds is 5. The van der Waals surface area contributed by atoms with Gasteiger partial charge in [0.2, 0.25) is 0 Å². The lowest BCUT2D eigenvalue weighted by atomic mass is 10.1. The Morgan fingerprint density at radius 1 is 1.21 bits per heavy atom. The van der Waals surface area contributed by atoms with Gasteiger partial charge < -0.3 is 19.8 Å². The van der Waals surface area contributed by atoms with Gasteiger partial charge in [0, 0.05) is 28.7 Å². The number of imidazole rings is 1. The molecule has 1 aliphatic carbocycles. The summed E-state index contributed by atoms with van der Waals surface area (Å²) in [4.78, 5) is 27.5. The highest BCUT2D eigenvalue weighted by atomic mass is 16.5. The second-order valence-corrected chi connectivity index (χ2v) is 7.34. The first-order chi connectivity index (χ1) is 13.6. The number of hydrogen-bond donors (Lipinski definition) is 3. The van der Waals surface area contributed by atoms with Crippen LogP contribution in [0.5, 0.6) is 0 Å². The normalized spacial score (nSPS) is 13.9. The Morgan fingerprint density at radius 2 is 2.07 bits per heavy atom. The second-order valence-electron chi connectivity index (χ2n) is 7.34. The van der Waals surface area contributed by atoms with E-state index in [2.05, 4.69) is 30.4 Å². The summed E-state index contributed by atoms with van der Waals surface area (Å²) in [7, 11) is 0. The lowest BCUT2D eigenvalue weighted by Crippen LogP contribution is -2.26. The van der Waals surface area contributed by atoms with Crippen molar-refractivity contribution in [1.82, 2.24) is 30.4 Å². The summed E-state index contributed by atoms with van der Waals surface area (Å²) < 4.78 is 5.23. The first-order valence-electron chi connectivity index (χ1n) is 9.35. The van der Waals surface area contributed by atoms with Crippen LogP contribution in [0.25, 0.3) is 33.7 Å². The van der Waals surface area contributed by atoms with Gasteiger partial charge in [-0.05, 0) is 50.8 Å². The van der Waals surface area contributed by atoms with Crippen LogP contribution >= 0.6 is 0 Å². The number of fused-ring (bicyclic) bond motifs is 1. The fourth-order valence-corrected chi connectivity index (χ4v) is 3.29. The number of amides is 1. The average Bonchev–Trinajstić information content (AvgIpc) is 3.07. The number of hydrogen-bond acceptors (Lipinski definition) is 5. The first kappa shape index (κ1) is 16.7. The van der Waals surface area contributed by atoms with Crippen LogP contribution in [0.15, 0.2) is 28.8 Å². The summed E-state index contributed by atoms with van der Waals surface area (Å²) in [5.74, 6) is 1.88. The van der Waals surface area contributed by atoms with Gasteiger partial charge in [0.25, 0.3) is 11.8 Å². The highest BCUT2D eigenvalue weighted by Gasteiger charge is 2.23. The third-order valence-electron chi connectivity index (χ3n) is 5.00. The Morgan fingerprint density at radius 3 is 2.82 bits per heavy atom. The van der Waals surface area contributed by atoms with E-state index in [0.717, 1.165) is 40.1 Å². The molecule has 28 heavy (non-hydrogen) atoms. The quantitative estimate of drug-likeness (QED) is 0.494. The molecule has 5 rings (SSSR count). The lowest BCUT2D eigenvalue weighted by molar-refractivity contribution is 0.0942. The van der Waals surface area contributed by atoms with Gasteiger partial charge in [-0.3, -0.25) is 4.79 Å². The number of aromatic nitrogens is 5. The molecule has 0 unspecified atom stereocenters. The van der Waals surface area contributed by atoms with Crippen LogP contribution in [0.4, 0.5) is 0 Å². The molecule has 0 bridgehead atoms. The van der Waals surface area contributed by atoms with Crippen molar-refractivity contribution in [2.45, 2.75) is 26.7 Å². The number of benzene rings is 1. The van der Waals surface area contributed by atoms with Crippen LogP contribution in [-0.4, -0.2) is 37.5 Å². The average molecular weight is 376 g/mol. The summed E-state index contributed by atoms with van der Waals surface area (Å²) in [5.41, 5.74) is 4.31. The van der Waals surface area contributed by atoms with Crippen molar-refractivity contribution in [2.24, 2.45) is 5.92 Å². The van der Waals surface area contributed by atoms with E-state index in [-0.39, 0.29) is 5.91 Å². The monoisotopic (exact) mass is 376 g/mol. The Bertz CT molecular complexity index is 1180. The molecule has 0 spiro atoms. The first-order valence-corrected chi connectivity index (χ1v) is 9.35. The van der Waals surface area contributed by atoms with E-state index < -0.39 is 0 Å². The smallest absolute Gasteiger partial charge is 0.287 e. The minimum atomic E-state index is -0.155. The molecule has 4 aromatic rings. The molecule has 1 saturated carbocycles. The molecule has 8 heteroatoms. The minimum Gasteiger partial charge on any atom is -0.351 e. The predicted octanol–water partition coefficient (Wildman–Crippen LogP) is 3.36. The SMILES string of the molecule is Cc1noc(-c2cc3cc(-c4nc(C(=O)NCC5CC5)[nH]c4C)ccc3[nH]2)n1. The van der Waals surface area contributed by atoms with Crippen molar-refractivity contribution in [3.63, 3.8) is 0 Å². The molecule has 0 radical (unpaired) electrons. The fourth-order valence-electron chi connectivity index (χ4n) is 3.29. The zero-order valence-corrected chi connectivity index (χ0v) is 15.7. The zero-order chi connectivity index (χ0) is 19.3. The highest BCUT2D eigenvalue weighted by molar-refractivity contribution is 5.92. The van der Waals surface area contributed by atoms with Gasteiger partial charge in [-0.25, -0.2) is 4.98 Å². The Balaban J connectivity index is 1.44. The summed E-state index contributed by atoms with van der Waals surface area (Å²) in [6, 6.07) is 7.97. The molecule has 1 fully saturated rings. The summed E-state index contributed by atoms with van der Waals surface area (Å²) in [5, 5.41) is 7.78. The van der Waals surface area contributed by atoms with Gasteiger partial charge in [-0.15, -0.1) is 0 Å². The van der Waals surface area contributed by atoms with Gasteiger partial charge in [0.05, 0.1) is 5.69 Å². The summed E-state index contributed by atoms with van der Waals surface area (Å²) >= 11 is 0. The molecule has 3 N–H and O–H groups in total. The van der Waals surface area contributed by atoms with Crippen LogP contribution < -0.4 is 5.32 Å². The molecular weight excluding hydrogens is 356 g/mol. The van der Waals surface area contributed by atoms with Crippen LogP contribution in [-0.2, 0) is 0 Å². The fraction of sp³-hybridized carbons (Fsp3) is 0.300. The van der Waals surface area contributed by atoms with Gasteiger partial charge in [0.1, 0.15) is 5.69 Å². The van der Waals surface area contributed by atoms with Crippen molar-refractivity contribution in [3.8, 4) is 22.8 Å². The third-order valence-corrected chi connectivity index (χ3v) is 5.00. The number of nitrogens with zero attached hydrogens (tertiary/aromatic N) is 3. The third kappa shape index (κ3) is 3.06. The van der Waals surface area contributed by atoms with E-state index in [9.17, 15) is 4.79 Å². The maximum Gasteiger partial charge on any atom is 0.287 e. The molecule has 0 aliphatic heterocycles. The number of aromatic amines is 2. The molecule has 1 aliphatic rings. The number of aryl methyl sites for hydroxylation is 2. The van der Waals surface area contributed by atoms with E-state index >= 15 is 0 Å². The summed E-state index contributed by atoms with van der Waals surface area (Å²) in [6.07, 6.45) is 2.40. The van der Waals surface area contributed by atoms with Crippen molar-refractivity contribution < 1.29 is 9.32 Å². The van der Waals surface area contributed by atoms with E-state index in [0.29, 0.717) is 23.5 Å². The topological polar surface area (TPSA) is 112 Å². The standard InChI is InChI=1S/C20H20N6O2/c1-10-17(25-18(22-10)19(27)21-9-12-3-4-12)13-5-6-15-14(7-13)8-16(24-15)20-23-11(2)26-28-20/h5-8,12,24H,3-4,9H2,1-2H3,(H,21,27)(H,22,25). The van der Waals surface area contributed by atoms with Crippen molar-refractivity contribution >= 4 is 16.8 Å². The maximum absolute atomic E-state index is 12.3. The molecule has 0 atom stereocenters. The molecule has 1 amide bonds. The highest BCUT2D eigenvalue weighted by Crippen LogP contribution is 2.29. The van der Waals surface area contributed by atoms with Gasteiger partial charge in [-0.1, -0.05) is 11.2 Å². The lowest BCUT2D eigenvalue weighted by Gasteiger charge is -2.00. The molecule has 142 valence electrons. The number of carbonyl (C=O) groups is 1. The Kier molecular flexibility index (Phi) is 3.78. The van der Waals surface area contributed by atoms with Gasteiger partial charge in [0.15, 0.2) is 11.6 Å². The zero-order valence-electron chi connectivity index (χ0n) is 15.7. The van der Waals surface area contributed by atoms with Crippen LogP contribution in [0, 0.1) is 19.8 Å². The van der Waals surface area contributed by atoms with E-state index in [1.165, 1.54) is 12.8 Å². The van der Waals surface area contributed by atoms with Crippen LogP contribution in [0.3, 0.4) is 0 Å². The molecule has 8 nitrogen and oxygen atoms in total. The predicted molar refractivity (Wildman–Crippen MR) is 104 cm³/mol. The van der Waals surface area contributed by atoms with E-state index in [1.807, 2.05) is 31.2 Å². The van der Waals surface area contributed by atoms with Crippen molar-refractivity contribution in [3.05, 3.63) is 41.6 Å². The van der Waals surface area contributed by atoms with E-state index in [1.54, 1.807) is 6.92 Å². The molecule has 0 saturated heterocycles. The summed E-state index contributed by atoms with van der Waals surface area (Å²) in [6.45, 7) is 4.43.